The van der Waals surface area contributed by atoms with Gasteiger partial charge >= 0.3 is 106 Å². The quantitative estimate of drug-likeness (QED) is 0.681. The molecular formula is C11H10AsBrO2. The van der Waals surface area contributed by atoms with E-state index in [0.29, 0.717) is 12.0 Å². The van der Waals surface area contributed by atoms with Crippen LogP contribution < -0.4 is 4.35 Å². The van der Waals surface area contributed by atoms with E-state index in [4.69, 9.17) is 5.11 Å². The summed E-state index contributed by atoms with van der Waals surface area (Å²) in [5.74, 6) is -0.854. The number of carboxylic acid groups (broad SMARTS) is 1. The zero-order chi connectivity index (χ0) is 11.4. The van der Waals surface area contributed by atoms with Crippen molar-refractivity contribution < 1.29 is 9.90 Å². The number of carbonyl (C=O) groups is 1. The van der Waals surface area contributed by atoms with Crippen LogP contribution in [0, 0.1) is 0 Å². The average molecular weight is 329 g/mol. The molecule has 15 heavy (non-hydrogen) atoms. The van der Waals surface area contributed by atoms with E-state index in [1.165, 1.54) is 0 Å². The second kappa shape index (κ2) is 5.52. The van der Waals surface area contributed by atoms with Crippen molar-refractivity contribution in [2.24, 2.45) is 0 Å². The van der Waals surface area contributed by atoms with E-state index >= 15 is 0 Å². The van der Waals surface area contributed by atoms with E-state index in [1.54, 1.807) is 6.08 Å². The van der Waals surface area contributed by atoms with Crippen molar-refractivity contribution in [3.05, 3.63) is 33.8 Å². The molecule has 2 nitrogen and oxygen atoms in total. The molecule has 2 radical (unpaired) electrons. The van der Waals surface area contributed by atoms with Crippen LogP contribution in [0.3, 0.4) is 0 Å². The number of rotatable bonds is 3. The molecule has 0 aliphatic rings. The van der Waals surface area contributed by atoms with Crippen LogP contribution in [0.2, 0.25) is 0 Å². The molecule has 0 aliphatic heterocycles. The van der Waals surface area contributed by atoms with Gasteiger partial charge in [-0.3, -0.25) is 0 Å². The summed E-state index contributed by atoms with van der Waals surface area (Å²) >= 11 is 5.80. The molecule has 4 heteroatoms. The second-order valence-electron chi connectivity index (χ2n) is 3.03. The molecule has 1 N–H and O–H groups in total. The van der Waals surface area contributed by atoms with Crippen molar-refractivity contribution in [3.8, 4) is 0 Å². The van der Waals surface area contributed by atoms with E-state index in [-0.39, 0.29) is 0 Å². The van der Waals surface area contributed by atoms with E-state index in [1.807, 2.05) is 25.1 Å². The van der Waals surface area contributed by atoms with Crippen molar-refractivity contribution in [3.63, 3.8) is 0 Å². The van der Waals surface area contributed by atoms with Crippen LogP contribution in [0.1, 0.15) is 18.9 Å². The Bertz CT molecular complexity index is 413. The first kappa shape index (κ1) is 12.5. The minimum atomic E-state index is -0.854. The van der Waals surface area contributed by atoms with Gasteiger partial charge in [-0.15, -0.1) is 0 Å². The Labute approximate surface area is 106 Å². The number of hydrogen-bond acceptors (Lipinski definition) is 1. The molecule has 0 saturated carbocycles. The van der Waals surface area contributed by atoms with Crippen molar-refractivity contribution >= 4 is 49.2 Å². The molecule has 78 valence electrons. The molecular weight excluding hydrogens is 319 g/mol. The topological polar surface area (TPSA) is 37.3 Å². The molecule has 0 aromatic heterocycles. The van der Waals surface area contributed by atoms with Crippen LogP contribution in [-0.4, -0.2) is 27.9 Å². The van der Waals surface area contributed by atoms with E-state index in [9.17, 15) is 4.79 Å². The van der Waals surface area contributed by atoms with E-state index in [0.717, 1.165) is 14.4 Å². The number of halogens is 1. The first-order valence-electron chi connectivity index (χ1n) is 4.47. The van der Waals surface area contributed by atoms with Gasteiger partial charge in [0.1, 0.15) is 0 Å². The van der Waals surface area contributed by atoms with Gasteiger partial charge in [0.25, 0.3) is 0 Å². The van der Waals surface area contributed by atoms with Crippen LogP contribution in [0.15, 0.2) is 28.2 Å². The van der Waals surface area contributed by atoms with Gasteiger partial charge in [-0.25, -0.2) is 0 Å². The Balaban J connectivity index is 3.12. The summed E-state index contributed by atoms with van der Waals surface area (Å²) in [7, 11) is 0. The van der Waals surface area contributed by atoms with E-state index in [2.05, 4.69) is 32.8 Å². The maximum atomic E-state index is 10.8. The normalized spacial score (nSPS) is 11.5. The molecule has 1 aromatic rings. The monoisotopic (exact) mass is 328 g/mol. The molecule has 0 bridgehead atoms. The zero-order valence-corrected chi connectivity index (χ0v) is 11.7. The van der Waals surface area contributed by atoms with Crippen LogP contribution in [0.4, 0.5) is 0 Å². The Hall–Kier alpha value is -0.532. The number of aliphatic carboxylic acids is 1. The van der Waals surface area contributed by atoms with Gasteiger partial charge in [0.2, 0.25) is 0 Å². The van der Waals surface area contributed by atoms with Crippen molar-refractivity contribution in [1.29, 1.82) is 0 Å². The summed E-state index contributed by atoms with van der Waals surface area (Å²) in [6, 6.07) is 5.75. The van der Waals surface area contributed by atoms with Gasteiger partial charge in [0.05, 0.1) is 0 Å². The molecule has 0 aliphatic carbocycles. The fourth-order valence-electron chi connectivity index (χ4n) is 1.14. The summed E-state index contributed by atoms with van der Waals surface area (Å²) in [5, 5.41) is 8.90. The van der Waals surface area contributed by atoms with Crippen LogP contribution in [0.25, 0.3) is 6.08 Å². The maximum absolute atomic E-state index is 10.8. The van der Waals surface area contributed by atoms with Crippen molar-refractivity contribution in [1.82, 2.24) is 0 Å². The van der Waals surface area contributed by atoms with Crippen LogP contribution in [0.5, 0.6) is 0 Å². The third-order valence-corrected chi connectivity index (χ3v) is 3.28. The third-order valence-electron chi connectivity index (χ3n) is 1.98. The van der Waals surface area contributed by atoms with Gasteiger partial charge in [-0.2, -0.15) is 0 Å². The molecule has 0 fully saturated rings. The first-order valence-corrected chi connectivity index (χ1v) is 6.20. The van der Waals surface area contributed by atoms with Gasteiger partial charge in [-0.05, 0) is 0 Å². The van der Waals surface area contributed by atoms with Crippen LogP contribution in [-0.2, 0) is 4.79 Å². The molecule has 0 amide bonds. The number of hydrogen-bond donors (Lipinski definition) is 1. The summed E-state index contributed by atoms with van der Waals surface area (Å²) < 4.78 is 1.99. The summed E-state index contributed by atoms with van der Waals surface area (Å²) in [6.45, 7) is 1.84. The predicted octanol–water partition coefficient (Wildman–Crippen LogP) is 2.12. The Morgan fingerprint density at radius 2 is 2.27 bits per heavy atom. The zero-order valence-electron chi connectivity index (χ0n) is 8.20. The molecule has 0 heterocycles. The van der Waals surface area contributed by atoms with Crippen molar-refractivity contribution in [2.75, 3.05) is 0 Å². The molecule has 1 rings (SSSR count). The molecule has 0 saturated heterocycles. The Morgan fingerprint density at radius 1 is 1.60 bits per heavy atom. The summed E-state index contributed by atoms with van der Waals surface area (Å²) in [5.41, 5.74) is 1.35. The SMILES string of the molecule is CCC(=Cc1ccc(Br)cc1[As])C(=O)O. The Morgan fingerprint density at radius 3 is 2.73 bits per heavy atom. The Kier molecular flexibility index (Phi) is 4.62. The summed E-state index contributed by atoms with van der Waals surface area (Å²) in [6.07, 6.45) is 2.24. The van der Waals surface area contributed by atoms with Crippen molar-refractivity contribution in [2.45, 2.75) is 13.3 Å². The predicted molar refractivity (Wildman–Crippen MR) is 65.4 cm³/mol. The molecule has 0 atom stereocenters. The third kappa shape index (κ3) is 3.51. The molecule has 0 unspecified atom stereocenters. The molecule has 1 aromatic carbocycles. The average Bonchev–Trinajstić information content (AvgIpc) is 2.16. The molecule has 0 spiro atoms. The fourth-order valence-corrected chi connectivity index (χ4v) is 2.47. The second-order valence-corrected chi connectivity index (χ2v) is 4.96. The minimum absolute atomic E-state index is 0.421. The van der Waals surface area contributed by atoms with E-state index < -0.39 is 5.97 Å². The van der Waals surface area contributed by atoms with Gasteiger partial charge in [0, 0.05) is 0 Å². The van der Waals surface area contributed by atoms with Gasteiger partial charge < -0.3 is 0 Å². The first-order chi connectivity index (χ1) is 7.04. The number of benzene rings is 1. The fraction of sp³-hybridized carbons (Fsp3) is 0.182. The van der Waals surface area contributed by atoms with Gasteiger partial charge in [0.15, 0.2) is 0 Å². The van der Waals surface area contributed by atoms with Crippen LogP contribution >= 0.6 is 15.9 Å². The number of carboxylic acids is 1. The standard InChI is InChI=1S/C11H10AsBrO2/c1-2-7(11(14)15)5-8-3-4-9(13)6-10(8)12/h3-6H,2H2,1H3,(H,14,15). The van der Waals surface area contributed by atoms with Gasteiger partial charge in [-0.1, -0.05) is 0 Å². The summed E-state index contributed by atoms with van der Waals surface area (Å²) in [4.78, 5) is 10.8.